The third kappa shape index (κ3) is 7.78. The first-order chi connectivity index (χ1) is 23.8. The number of nitrogens with zero attached hydrogens (tertiary/aromatic N) is 4. The summed E-state index contributed by atoms with van der Waals surface area (Å²) in [6.45, 7) is -2.02. The number of alkyl halides is 3. The number of halogens is 3. The predicted octanol–water partition coefficient (Wildman–Crippen LogP) is -0.0708. The molecule has 0 saturated carbocycles. The standard InChI is InChI=1S/C25H26F3N5O16P2/c26-25(27,28)11-4-15(34)46-12-3-9(1-2-10(11)12)45-24-20(38)18(36)14(48-24)6-44-51(41,42)49-50(39,40)43-5-13-17(35)19(37)23(47-13)33-8-32-16-21(29)30-7-31-22(16)33/h1-4,7-8,13-14,17-20,23-24,35-38H,5-6H2,(H,39,40)(H,41,42)(H2,29,30,31)/t13?,14?,17-,18-,19-,20-,23-,24?/m1/s1. The Morgan fingerprint density at radius 1 is 0.902 bits per heavy atom. The van der Waals surface area contributed by atoms with Crippen LogP contribution in [0.5, 0.6) is 5.75 Å². The lowest BCUT2D eigenvalue weighted by Gasteiger charge is -2.20. The van der Waals surface area contributed by atoms with E-state index in [2.05, 4.69) is 28.3 Å². The summed E-state index contributed by atoms with van der Waals surface area (Å²) in [5, 5.41) is 41.2. The van der Waals surface area contributed by atoms with Crippen molar-refractivity contribution in [2.24, 2.45) is 0 Å². The summed E-state index contributed by atoms with van der Waals surface area (Å²) in [7, 11) is -11.0. The molecule has 5 unspecified atom stereocenters. The molecule has 26 heteroatoms. The predicted molar refractivity (Wildman–Crippen MR) is 157 cm³/mol. The molecule has 5 heterocycles. The average molecular weight is 771 g/mol. The number of anilines is 1. The molecule has 0 amide bonds. The van der Waals surface area contributed by atoms with E-state index in [-0.39, 0.29) is 28.8 Å². The molecule has 4 aromatic rings. The van der Waals surface area contributed by atoms with Gasteiger partial charge < -0.3 is 54.6 Å². The van der Waals surface area contributed by atoms with Crippen molar-refractivity contribution < 1.29 is 84.5 Å². The second-order valence-electron chi connectivity index (χ2n) is 11.0. The highest BCUT2D eigenvalue weighted by atomic mass is 31.3. The molecule has 21 nitrogen and oxygen atoms in total. The minimum absolute atomic E-state index is 0.0194. The molecule has 278 valence electrons. The van der Waals surface area contributed by atoms with Gasteiger partial charge in [-0.1, -0.05) is 0 Å². The highest BCUT2D eigenvalue weighted by Crippen LogP contribution is 2.60. The summed E-state index contributed by atoms with van der Waals surface area (Å²) in [5.41, 5.74) is 2.94. The molecule has 51 heavy (non-hydrogen) atoms. The molecule has 6 rings (SSSR count). The fourth-order valence-corrected chi connectivity index (χ4v) is 7.29. The van der Waals surface area contributed by atoms with Gasteiger partial charge in [-0.2, -0.15) is 17.5 Å². The maximum atomic E-state index is 13.3. The smallest absolute Gasteiger partial charge is 0.462 e. The molecule has 3 aromatic heterocycles. The molecule has 0 spiro atoms. The monoisotopic (exact) mass is 771 g/mol. The fraction of sp³-hybridized carbons (Fsp3) is 0.440. The number of aliphatic hydroxyl groups is 4. The summed E-state index contributed by atoms with van der Waals surface area (Å²) < 4.78 is 101. The van der Waals surface area contributed by atoms with Crippen LogP contribution in [0.25, 0.3) is 22.1 Å². The lowest BCUT2D eigenvalue weighted by atomic mass is 10.1. The summed E-state index contributed by atoms with van der Waals surface area (Å²) in [6, 6.07) is 3.12. The Hall–Kier alpha value is -3.61. The SMILES string of the molecule is Nc1ncnc2c1ncn2[C@@H]1OC(COP(=O)(O)OP(=O)(O)OCC2OC(Oc3ccc4c(C(F)(F)F)cc(=O)oc4c3)[C@H](O)[C@@H]2O)[C@@H](O)[C@H]1O. The van der Waals surface area contributed by atoms with Gasteiger partial charge in [0, 0.05) is 17.5 Å². The molecule has 2 aliphatic heterocycles. The van der Waals surface area contributed by atoms with Gasteiger partial charge >= 0.3 is 27.4 Å². The molecule has 1 aromatic carbocycles. The second-order valence-corrected chi connectivity index (χ2v) is 14.1. The van der Waals surface area contributed by atoms with Crippen molar-refractivity contribution in [3.05, 3.63) is 52.9 Å². The highest BCUT2D eigenvalue weighted by Gasteiger charge is 2.48. The number of nitrogen functional groups attached to an aromatic ring is 1. The topological polar surface area (TPSA) is 311 Å². The number of imidazole rings is 1. The van der Waals surface area contributed by atoms with Crippen LogP contribution >= 0.6 is 15.6 Å². The van der Waals surface area contributed by atoms with Crippen molar-refractivity contribution in [2.75, 3.05) is 18.9 Å². The number of phosphoric ester groups is 2. The Bertz CT molecular complexity index is 2090. The zero-order valence-corrected chi connectivity index (χ0v) is 26.9. The number of aromatic nitrogens is 4. The molecule has 2 saturated heterocycles. The van der Waals surface area contributed by atoms with Gasteiger partial charge in [0.1, 0.15) is 59.8 Å². The van der Waals surface area contributed by atoms with Gasteiger partial charge in [-0.15, -0.1) is 0 Å². The van der Waals surface area contributed by atoms with E-state index >= 15 is 0 Å². The Labute approximate surface area is 280 Å². The third-order valence-corrected chi connectivity index (χ3v) is 10.2. The van der Waals surface area contributed by atoms with Crippen molar-refractivity contribution in [1.29, 1.82) is 0 Å². The molecule has 10 atom stereocenters. The Morgan fingerprint density at radius 3 is 2.22 bits per heavy atom. The number of rotatable bonds is 11. The molecular weight excluding hydrogens is 745 g/mol. The number of aliphatic hydroxyl groups excluding tert-OH is 4. The van der Waals surface area contributed by atoms with E-state index in [1.165, 1.54) is 10.9 Å². The summed E-state index contributed by atoms with van der Waals surface area (Å²) in [4.78, 5) is 43.5. The van der Waals surface area contributed by atoms with Crippen LogP contribution in [0, 0.1) is 0 Å². The summed E-state index contributed by atoms with van der Waals surface area (Å²) in [6.07, 6.45) is -15.8. The summed E-state index contributed by atoms with van der Waals surface area (Å²) in [5.74, 6) is -0.254. The minimum Gasteiger partial charge on any atom is -0.462 e. The van der Waals surface area contributed by atoms with E-state index in [0.717, 1.165) is 24.5 Å². The second kappa shape index (κ2) is 13.7. The quantitative estimate of drug-likeness (QED) is 0.0775. The maximum absolute atomic E-state index is 13.3. The maximum Gasteiger partial charge on any atom is 0.481 e. The molecule has 2 fully saturated rings. The normalized spacial score (nSPS) is 29.4. The lowest BCUT2D eigenvalue weighted by molar-refractivity contribution is -0.136. The van der Waals surface area contributed by atoms with Crippen molar-refractivity contribution in [3.63, 3.8) is 0 Å². The first kappa shape index (κ1) is 37.2. The van der Waals surface area contributed by atoms with Crippen LogP contribution in [0.15, 0.2) is 46.1 Å². The van der Waals surface area contributed by atoms with Crippen LogP contribution in [-0.2, 0) is 38.1 Å². The van der Waals surface area contributed by atoms with Crippen molar-refractivity contribution in [2.45, 2.75) is 55.3 Å². The van der Waals surface area contributed by atoms with E-state index in [1.807, 2.05) is 0 Å². The minimum atomic E-state index is -5.50. The van der Waals surface area contributed by atoms with E-state index < -0.39 is 106 Å². The molecule has 0 aliphatic carbocycles. The fourth-order valence-electron chi connectivity index (χ4n) is 5.20. The van der Waals surface area contributed by atoms with Gasteiger partial charge in [-0.05, 0) is 12.1 Å². The first-order valence-corrected chi connectivity index (χ1v) is 17.3. The van der Waals surface area contributed by atoms with E-state index in [0.29, 0.717) is 0 Å². The van der Waals surface area contributed by atoms with E-state index in [9.17, 15) is 57.3 Å². The number of hydrogen-bond acceptors (Lipinski definition) is 18. The number of benzene rings is 1. The van der Waals surface area contributed by atoms with Crippen LogP contribution in [0.2, 0.25) is 0 Å². The van der Waals surface area contributed by atoms with E-state index in [1.54, 1.807) is 0 Å². The Kier molecular flexibility index (Phi) is 10.0. The largest absolute Gasteiger partial charge is 0.481 e. The van der Waals surface area contributed by atoms with Gasteiger partial charge in [-0.3, -0.25) is 13.6 Å². The van der Waals surface area contributed by atoms with Gasteiger partial charge in [0.15, 0.2) is 17.7 Å². The zero-order valence-electron chi connectivity index (χ0n) is 25.2. The molecule has 2 aliphatic rings. The van der Waals surface area contributed by atoms with Gasteiger partial charge in [0.2, 0.25) is 6.29 Å². The van der Waals surface area contributed by atoms with Crippen molar-refractivity contribution in [1.82, 2.24) is 19.5 Å². The number of nitrogens with two attached hydrogens (primary N) is 1. The van der Waals surface area contributed by atoms with Gasteiger partial charge in [-0.25, -0.2) is 28.9 Å². The number of ether oxygens (including phenoxy) is 3. The Morgan fingerprint density at radius 2 is 1.55 bits per heavy atom. The van der Waals surface area contributed by atoms with E-state index in [4.69, 9.17) is 24.4 Å². The number of fused-ring (bicyclic) bond motifs is 2. The molecule has 8 N–H and O–H groups in total. The van der Waals surface area contributed by atoms with Crippen LogP contribution in [0.1, 0.15) is 11.8 Å². The molecule has 0 radical (unpaired) electrons. The lowest BCUT2D eigenvalue weighted by Crippen LogP contribution is -2.35. The van der Waals surface area contributed by atoms with Crippen LogP contribution in [-0.4, -0.2) is 106 Å². The first-order valence-electron chi connectivity index (χ1n) is 14.3. The molecular formula is C25H26F3N5O16P2. The van der Waals surface area contributed by atoms with Crippen LogP contribution < -0.4 is 16.1 Å². The van der Waals surface area contributed by atoms with Crippen molar-refractivity contribution in [3.8, 4) is 5.75 Å². The Balaban J connectivity index is 1.03. The van der Waals surface area contributed by atoms with Crippen LogP contribution in [0.4, 0.5) is 19.0 Å². The van der Waals surface area contributed by atoms with Gasteiger partial charge in [0.05, 0.1) is 25.1 Å². The highest BCUT2D eigenvalue weighted by molar-refractivity contribution is 7.61. The van der Waals surface area contributed by atoms with Crippen LogP contribution in [0.3, 0.4) is 0 Å². The van der Waals surface area contributed by atoms with Gasteiger partial charge in [0.25, 0.3) is 0 Å². The number of phosphoric acid groups is 2. The third-order valence-electron chi connectivity index (χ3n) is 7.60. The number of hydrogen-bond donors (Lipinski definition) is 7. The summed E-state index contributed by atoms with van der Waals surface area (Å²) >= 11 is 0. The molecule has 0 bridgehead atoms. The average Bonchev–Trinajstić information content (AvgIpc) is 3.68. The zero-order chi connectivity index (χ0) is 37.0. The van der Waals surface area contributed by atoms with Crippen molar-refractivity contribution >= 4 is 43.6 Å².